The summed E-state index contributed by atoms with van der Waals surface area (Å²) in [4.78, 5) is 10.9. The highest BCUT2D eigenvalue weighted by Crippen LogP contribution is 2.34. The zero-order chi connectivity index (χ0) is 10.3. The topological polar surface area (TPSA) is 51.2 Å². The Labute approximate surface area is 82.0 Å². The number of rotatable bonds is 1. The molecule has 0 unspecified atom stereocenters. The van der Waals surface area contributed by atoms with Crippen LogP contribution in [0.2, 0.25) is 0 Å². The van der Waals surface area contributed by atoms with E-state index in [-0.39, 0.29) is 4.90 Å². The lowest BCUT2D eigenvalue weighted by atomic mass is 10.0. The number of carbonyl (C=O) groups excluding carboxylic acids is 1. The fourth-order valence-corrected chi connectivity index (χ4v) is 3.20. The van der Waals surface area contributed by atoms with Gasteiger partial charge in [-0.3, -0.25) is 4.79 Å². The van der Waals surface area contributed by atoms with Crippen molar-refractivity contribution in [1.29, 1.82) is 0 Å². The van der Waals surface area contributed by atoms with Crippen LogP contribution in [0, 0.1) is 0 Å². The molecule has 0 aliphatic carbocycles. The molecule has 2 rings (SSSR count). The van der Waals surface area contributed by atoms with Gasteiger partial charge in [-0.2, -0.15) is 0 Å². The first-order chi connectivity index (χ1) is 6.56. The van der Waals surface area contributed by atoms with Gasteiger partial charge in [0.25, 0.3) is 0 Å². The van der Waals surface area contributed by atoms with E-state index in [0.29, 0.717) is 23.0 Å². The van der Waals surface area contributed by atoms with E-state index in [1.807, 2.05) is 0 Å². The molecule has 4 heteroatoms. The van der Waals surface area contributed by atoms with E-state index in [2.05, 4.69) is 0 Å². The van der Waals surface area contributed by atoms with E-state index < -0.39 is 9.84 Å². The highest BCUT2D eigenvalue weighted by atomic mass is 32.2. The molecule has 0 bridgehead atoms. The van der Waals surface area contributed by atoms with E-state index in [4.69, 9.17) is 0 Å². The fourth-order valence-electron chi connectivity index (χ4n) is 1.66. The van der Waals surface area contributed by atoms with E-state index in [0.717, 1.165) is 0 Å². The largest absolute Gasteiger partial charge is 0.298 e. The Balaban J connectivity index is 2.89. The predicted octanol–water partition coefficient (Wildman–Crippen LogP) is 1.65. The maximum absolute atomic E-state index is 11.5. The normalized spacial score (nSPS) is 17.4. The fraction of sp³-hybridized carbons (Fsp3) is 0.100. The second-order valence-electron chi connectivity index (χ2n) is 3.18. The van der Waals surface area contributed by atoms with Crippen LogP contribution >= 0.6 is 0 Å². The molecule has 1 heterocycles. The number of carbonyl (C=O) groups is 1. The maximum Gasteiger partial charge on any atom is 0.200 e. The molecule has 0 radical (unpaired) electrons. The van der Waals surface area contributed by atoms with Gasteiger partial charge in [0, 0.05) is 16.5 Å². The summed E-state index contributed by atoms with van der Waals surface area (Å²) in [7, 11) is -3.31. The molecule has 0 fully saturated rings. The first-order valence-electron chi connectivity index (χ1n) is 4.08. The summed E-state index contributed by atoms with van der Waals surface area (Å²) in [6.07, 6.45) is 0.678. The molecule has 0 N–H and O–H groups in total. The maximum atomic E-state index is 11.5. The summed E-state index contributed by atoms with van der Waals surface area (Å²) in [5.74, 6) is 0. The minimum absolute atomic E-state index is 0.236. The molecule has 0 saturated heterocycles. The summed E-state index contributed by atoms with van der Waals surface area (Å²) >= 11 is 0. The van der Waals surface area contributed by atoms with Gasteiger partial charge < -0.3 is 0 Å². The van der Waals surface area contributed by atoms with Gasteiger partial charge in [0.15, 0.2) is 6.29 Å². The summed E-state index contributed by atoms with van der Waals surface area (Å²) in [6, 6.07) is 4.71. The third kappa shape index (κ3) is 1.11. The van der Waals surface area contributed by atoms with Crippen molar-refractivity contribution in [1.82, 2.24) is 0 Å². The summed E-state index contributed by atoms with van der Waals surface area (Å²) in [5.41, 5.74) is 1.60. The Kier molecular flexibility index (Phi) is 1.82. The third-order valence-corrected chi connectivity index (χ3v) is 3.84. The van der Waals surface area contributed by atoms with Crippen molar-refractivity contribution in [2.24, 2.45) is 0 Å². The first-order valence-corrected chi connectivity index (χ1v) is 5.63. The lowest BCUT2D eigenvalue weighted by Gasteiger charge is -2.02. The van der Waals surface area contributed by atoms with Gasteiger partial charge in [-0.05, 0) is 18.6 Å². The Morgan fingerprint density at radius 2 is 2.00 bits per heavy atom. The molecule has 72 valence electrons. The van der Waals surface area contributed by atoms with Crippen LogP contribution in [0.3, 0.4) is 0 Å². The molecule has 14 heavy (non-hydrogen) atoms. The Bertz CT molecular complexity index is 538. The number of allylic oxidation sites excluding steroid dienone is 1. The molecule has 3 nitrogen and oxygen atoms in total. The minimum atomic E-state index is -3.31. The molecule has 1 aromatic carbocycles. The molecular weight excluding hydrogens is 200 g/mol. The number of sulfone groups is 1. The molecular formula is C10H8O3S. The monoisotopic (exact) mass is 208 g/mol. The Morgan fingerprint density at radius 1 is 1.29 bits per heavy atom. The highest BCUT2D eigenvalue weighted by molar-refractivity contribution is 7.95. The van der Waals surface area contributed by atoms with Crippen LogP contribution < -0.4 is 0 Å². The summed E-state index contributed by atoms with van der Waals surface area (Å²) < 4.78 is 23.1. The van der Waals surface area contributed by atoms with E-state index in [1.165, 1.54) is 11.5 Å². The molecule has 0 spiro atoms. The van der Waals surface area contributed by atoms with E-state index >= 15 is 0 Å². The quantitative estimate of drug-likeness (QED) is 0.659. The van der Waals surface area contributed by atoms with Crippen LogP contribution in [0.5, 0.6) is 0 Å². The molecule has 0 saturated carbocycles. The molecule has 0 atom stereocenters. The van der Waals surface area contributed by atoms with Gasteiger partial charge in [-0.25, -0.2) is 8.42 Å². The SMILES string of the molecule is CC1=CS(=O)(=O)c2cccc(C=O)c21. The zero-order valence-corrected chi connectivity index (χ0v) is 8.34. The van der Waals surface area contributed by atoms with Crippen LogP contribution in [0.15, 0.2) is 28.5 Å². The van der Waals surface area contributed by atoms with Gasteiger partial charge in [0.05, 0.1) is 4.90 Å². The highest BCUT2D eigenvalue weighted by Gasteiger charge is 2.26. The van der Waals surface area contributed by atoms with Crippen molar-refractivity contribution in [3.8, 4) is 0 Å². The number of benzene rings is 1. The van der Waals surface area contributed by atoms with E-state index in [1.54, 1.807) is 19.1 Å². The van der Waals surface area contributed by atoms with E-state index in [9.17, 15) is 13.2 Å². The van der Waals surface area contributed by atoms with Crippen LogP contribution in [0.4, 0.5) is 0 Å². The minimum Gasteiger partial charge on any atom is -0.298 e. The number of aldehydes is 1. The van der Waals surface area contributed by atoms with Crippen LogP contribution in [0.25, 0.3) is 5.57 Å². The zero-order valence-electron chi connectivity index (χ0n) is 7.52. The lowest BCUT2D eigenvalue weighted by molar-refractivity contribution is 0.112. The number of hydrogen-bond acceptors (Lipinski definition) is 3. The van der Waals surface area contributed by atoms with Crippen molar-refractivity contribution in [3.63, 3.8) is 0 Å². The molecule has 0 amide bonds. The molecule has 1 aromatic rings. The van der Waals surface area contributed by atoms with Crippen LogP contribution in [-0.4, -0.2) is 14.7 Å². The van der Waals surface area contributed by atoms with Crippen molar-refractivity contribution < 1.29 is 13.2 Å². The van der Waals surface area contributed by atoms with Crippen LogP contribution in [-0.2, 0) is 9.84 Å². The van der Waals surface area contributed by atoms with Gasteiger partial charge in [-0.15, -0.1) is 0 Å². The van der Waals surface area contributed by atoms with Crippen molar-refractivity contribution in [2.75, 3.05) is 0 Å². The van der Waals surface area contributed by atoms with Gasteiger partial charge in [0.1, 0.15) is 0 Å². The predicted molar refractivity (Wildman–Crippen MR) is 52.7 cm³/mol. The van der Waals surface area contributed by atoms with Gasteiger partial charge >= 0.3 is 0 Å². The van der Waals surface area contributed by atoms with Crippen LogP contribution in [0.1, 0.15) is 22.8 Å². The Morgan fingerprint density at radius 3 is 2.64 bits per heavy atom. The van der Waals surface area contributed by atoms with Gasteiger partial charge in [-0.1, -0.05) is 12.1 Å². The standard InChI is InChI=1S/C10H8O3S/c1-7-6-14(12,13)9-4-2-3-8(5-11)10(7)9/h2-6H,1H3. The van der Waals surface area contributed by atoms with Crippen molar-refractivity contribution in [3.05, 3.63) is 34.7 Å². The van der Waals surface area contributed by atoms with Crippen molar-refractivity contribution in [2.45, 2.75) is 11.8 Å². The smallest absolute Gasteiger partial charge is 0.200 e. The lowest BCUT2D eigenvalue weighted by Crippen LogP contribution is -1.95. The van der Waals surface area contributed by atoms with Gasteiger partial charge in [0.2, 0.25) is 9.84 Å². The third-order valence-electron chi connectivity index (χ3n) is 2.22. The summed E-state index contributed by atoms with van der Waals surface area (Å²) in [6.45, 7) is 1.69. The van der Waals surface area contributed by atoms with Crippen molar-refractivity contribution >= 4 is 21.7 Å². The molecule has 1 aliphatic rings. The number of fused-ring (bicyclic) bond motifs is 1. The molecule has 0 aromatic heterocycles. The molecule has 1 aliphatic heterocycles. The summed E-state index contributed by atoms with van der Waals surface area (Å²) in [5, 5.41) is 1.20. The average molecular weight is 208 g/mol. The second kappa shape index (κ2) is 2.78. The average Bonchev–Trinajstić information content (AvgIpc) is 2.38. The second-order valence-corrected chi connectivity index (χ2v) is 4.95. The first kappa shape index (κ1) is 9.15. The number of hydrogen-bond donors (Lipinski definition) is 0. The Hall–Kier alpha value is -1.42.